The molecule has 2 aliphatic carbocycles. The number of carbonyl (C=O) groups excluding carboxylic acids is 1. The van der Waals surface area contributed by atoms with Crippen molar-refractivity contribution >= 4 is 5.97 Å². The Balaban J connectivity index is 1.95. The molecule has 0 amide bonds. The van der Waals surface area contributed by atoms with Gasteiger partial charge in [0.25, 0.3) is 0 Å². The molecule has 0 saturated heterocycles. The summed E-state index contributed by atoms with van der Waals surface area (Å²) in [5, 5.41) is 10.9. The first-order valence-corrected chi connectivity index (χ1v) is 9.31. The zero-order chi connectivity index (χ0) is 18.2. The van der Waals surface area contributed by atoms with Crippen LogP contribution in [0.3, 0.4) is 0 Å². The van der Waals surface area contributed by atoms with Crippen molar-refractivity contribution in [3.05, 3.63) is 35.8 Å². The lowest BCUT2D eigenvalue weighted by atomic mass is 9.46. The molecule has 0 radical (unpaired) electrons. The number of aryl methyl sites for hydroxylation is 1. The standard InChI is InChI=1S/C21H30O4/c1-14-7-10-21(3)16(19(23)24-4)5-6-17(22)18(21)20(14,2)11-8-15-9-12-25-13-15/h5,9,12-14,17-18,22H,6-8,10-11H2,1-4H3. The summed E-state index contributed by atoms with van der Waals surface area (Å²) in [4.78, 5) is 12.4. The van der Waals surface area contributed by atoms with Gasteiger partial charge in [-0.2, -0.15) is 0 Å². The summed E-state index contributed by atoms with van der Waals surface area (Å²) in [6.45, 7) is 6.73. The number of hydrogen-bond donors (Lipinski definition) is 1. The molecule has 5 atom stereocenters. The van der Waals surface area contributed by atoms with E-state index < -0.39 is 6.10 Å². The number of fused-ring (bicyclic) bond motifs is 1. The van der Waals surface area contributed by atoms with E-state index in [0.29, 0.717) is 12.3 Å². The Bertz CT molecular complexity index is 647. The first kappa shape index (κ1) is 18.2. The van der Waals surface area contributed by atoms with E-state index >= 15 is 0 Å². The Morgan fingerprint density at radius 2 is 2.20 bits per heavy atom. The third-order valence-electron chi connectivity index (χ3n) is 7.12. The molecule has 3 rings (SSSR count). The number of furan rings is 1. The van der Waals surface area contributed by atoms with Crippen LogP contribution in [-0.4, -0.2) is 24.3 Å². The second kappa shape index (κ2) is 6.64. The first-order valence-electron chi connectivity index (χ1n) is 9.31. The van der Waals surface area contributed by atoms with Crippen LogP contribution in [0.1, 0.15) is 52.0 Å². The summed E-state index contributed by atoms with van der Waals surface area (Å²) in [5.74, 6) is 0.296. The molecular formula is C21H30O4. The molecule has 1 saturated carbocycles. The maximum Gasteiger partial charge on any atom is 0.333 e. The first-order chi connectivity index (χ1) is 11.8. The number of methoxy groups -OCH3 is 1. The summed E-state index contributed by atoms with van der Waals surface area (Å²) in [7, 11) is 1.44. The van der Waals surface area contributed by atoms with E-state index in [1.165, 1.54) is 12.7 Å². The third kappa shape index (κ3) is 2.95. The molecule has 0 spiro atoms. The van der Waals surface area contributed by atoms with Gasteiger partial charge >= 0.3 is 5.97 Å². The highest BCUT2D eigenvalue weighted by Gasteiger charge is 2.58. The topological polar surface area (TPSA) is 59.7 Å². The van der Waals surface area contributed by atoms with E-state index in [-0.39, 0.29) is 22.7 Å². The van der Waals surface area contributed by atoms with E-state index in [9.17, 15) is 9.90 Å². The van der Waals surface area contributed by atoms with Crippen LogP contribution in [0.25, 0.3) is 0 Å². The van der Waals surface area contributed by atoms with E-state index in [1.807, 2.05) is 12.1 Å². The normalized spacial score (nSPS) is 38.0. The van der Waals surface area contributed by atoms with Crippen LogP contribution in [0.4, 0.5) is 0 Å². The lowest BCUT2D eigenvalue weighted by Crippen LogP contribution is -2.56. The van der Waals surface area contributed by atoms with Crippen LogP contribution in [-0.2, 0) is 16.0 Å². The average molecular weight is 346 g/mol. The van der Waals surface area contributed by atoms with Crippen molar-refractivity contribution in [2.75, 3.05) is 7.11 Å². The molecule has 1 aromatic rings. The fourth-order valence-corrected chi connectivity index (χ4v) is 5.49. The molecule has 1 N–H and O–H groups in total. The highest BCUT2D eigenvalue weighted by molar-refractivity contribution is 5.90. The Morgan fingerprint density at radius 3 is 2.84 bits per heavy atom. The number of esters is 1. The smallest absolute Gasteiger partial charge is 0.333 e. The minimum Gasteiger partial charge on any atom is -0.472 e. The molecule has 0 bridgehead atoms. The number of ether oxygens (including phenoxy) is 1. The highest BCUT2D eigenvalue weighted by Crippen LogP contribution is 2.61. The minimum absolute atomic E-state index is 0.0444. The summed E-state index contributed by atoms with van der Waals surface area (Å²) in [5.41, 5.74) is 1.57. The lowest BCUT2D eigenvalue weighted by Gasteiger charge is -2.59. The average Bonchev–Trinajstić information content (AvgIpc) is 3.10. The molecule has 138 valence electrons. The molecule has 1 aromatic heterocycles. The number of aliphatic hydroxyl groups is 1. The van der Waals surface area contributed by atoms with E-state index in [1.54, 1.807) is 12.5 Å². The van der Waals surface area contributed by atoms with E-state index in [0.717, 1.165) is 31.3 Å². The number of carbonyl (C=O) groups is 1. The quantitative estimate of drug-likeness (QED) is 0.833. The third-order valence-corrected chi connectivity index (χ3v) is 7.12. The number of aliphatic hydroxyl groups excluding tert-OH is 1. The van der Waals surface area contributed by atoms with E-state index in [2.05, 4.69) is 20.8 Å². The van der Waals surface area contributed by atoms with Gasteiger partial charge < -0.3 is 14.3 Å². The van der Waals surface area contributed by atoms with Gasteiger partial charge in [0.05, 0.1) is 25.7 Å². The summed E-state index contributed by atoms with van der Waals surface area (Å²) in [6.07, 6.45) is 9.38. The van der Waals surface area contributed by atoms with Crippen molar-refractivity contribution in [1.82, 2.24) is 0 Å². The molecule has 2 aliphatic rings. The fraction of sp³-hybridized carbons (Fsp3) is 0.667. The Kier molecular flexibility index (Phi) is 4.84. The Morgan fingerprint density at radius 1 is 1.44 bits per heavy atom. The van der Waals surface area contributed by atoms with Crippen LogP contribution < -0.4 is 0 Å². The van der Waals surface area contributed by atoms with Crippen LogP contribution >= 0.6 is 0 Å². The molecule has 4 heteroatoms. The lowest BCUT2D eigenvalue weighted by molar-refractivity contribution is -0.145. The van der Waals surface area contributed by atoms with Crippen LogP contribution in [0, 0.1) is 22.7 Å². The summed E-state index contributed by atoms with van der Waals surface area (Å²) in [6, 6.07) is 2.01. The maximum absolute atomic E-state index is 12.4. The van der Waals surface area contributed by atoms with Gasteiger partial charge in [0.15, 0.2) is 0 Å². The van der Waals surface area contributed by atoms with Crippen LogP contribution in [0.15, 0.2) is 34.7 Å². The SMILES string of the molecule is COC(=O)C1=CCC(O)C2C1(C)CCC(C)C2(C)CCc1ccoc1. The molecule has 5 unspecified atom stereocenters. The zero-order valence-electron chi connectivity index (χ0n) is 15.7. The largest absolute Gasteiger partial charge is 0.472 e. The van der Waals surface area contributed by atoms with Crippen molar-refractivity contribution in [2.45, 2.75) is 59.0 Å². The van der Waals surface area contributed by atoms with Gasteiger partial charge in [0.1, 0.15) is 0 Å². The monoisotopic (exact) mass is 346 g/mol. The predicted molar refractivity (Wildman–Crippen MR) is 95.9 cm³/mol. The molecule has 0 aromatic carbocycles. The fourth-order valence-electron chi connectivity index (χ4n) is 5.49. The predicted octanol–water partition coefficient (Wildman–Crippen LogP) is 4.13. The van der Waals surface area contributed by atoms with Gasteiger partial charge in [-0.05, 0) is 55.1 Å². The van der Waals surface area contributed by atoms with Crippen molar-refractivity contribution in [3.8, 4) is 0 Å². The van der Waals surface area contributed by atoms with Gasteiger partial charge in [0.2, 0.25) is 0 Å². The summed E-state index contributed by atoms with van der Waals surface area (Å²) >= 11 is 0. The van der Waals surface area contributed by atoms with Crippen LogP contribution in [0.2, 0.25) is 0 Å². The summed E-state index contributed by atoms with van der Waals surface area (Å²) < 4.78 is 10.3. The van der Waals surface area contributed by atoms with Gasteiger partial charge in [-0.25, -0.2) is 4.79 Å². The minimum atomic E-state index is -0.421. The maximum atomic E-state index is 12.4. The molecular weight excluding hydrogens is 316 g/mol. The highest BCUT2D eigenvalue weighted by atomic mass is 16.5. The van der Waals surface area contributed by atoms with Gasteiger partial charge in [-0.15, -0.1) is 0 Å². The molecule has 25 heavy (non-hydrogen) atoms. The second-order valence-corrected chi connectivity index (χ2v) is 8.38. The van der Waals surface area contributed by atoms with Crippen molar-refractivity contribution in [2.24, 2.45) is 22.7 Å². The molecule has 0 aliphatic heterocycles. The van der Waals surface area contributed by atoms with E-state index in [4.69, 9.17) is 9.15 Å². The molecule has 1 fully saturated rings. The van der Waals surface area contributed by atoms with Gasteiger partial charge in [0, 0.05) is 16.9 Å². The molecule has 4 nitrogen and oxygen atoms in total. The van der Waals surface area contributed by atoms with Gasteiger partial charge in [-0.1, -0.05) is 26.8 Å². The number of rotatable bonds is 4. The van der Waals surface area contributed by atoms with Crippen molar-refractivity contribution in [1.29, 1.82) is 0 Å². The van der Waals surface area contributed by atoms with Crippen molar-refractivity contribution < 1.29 is 19.1 Å². The van der Waals surface area contributed by atoms with Gasteiger partial charge in [-0.3, -0.25) is 0 Å². The Labute approximate surface area is 150 Å². The Hall–Kier alpha value is -1.55. The number of hydrogen-bond acceptors (Lipinski definition) is 4. The zero-order valence-corrected chi connectivity index (χ0v) is 15.7. The van der Waals surface area contributed by atoms with Crippen molar-refractivity contribution in [3.63, 3.8) is 0 Å². The molecule has 1 heterocycles. The van der Waals surface area contributed by atoms with Crippen LogP contribution in [0.5, 0.6) is 0 Å². The second-order valence-electron chi connectivity index (χ2n) is 8.38.